The molecular formula is C30H36BrN3O4S. The summed E-state index contributed by atoms with van der Waals surface area (Å²) in [5.74, 6) is -0.718. The van der Waals surface area contributed by atoms with Crippen molar-refractivity contribution in [3.8, 4) is 0 Å². The van der Waals surface area contributed by atoms with Gasteiger partial charge in [0.1, 0.15) is 12.6 Å². The fourth-order valence-electron chi connectivity index (χ4n) is 4.25. The lowest BCUT2D eigenvalue weighted by atomic mass is 10.1. The Kier molecular flexibility index (Phi) is 10.7. The summed E-state index contributed by atoms with van der Waals surface area (Å²) >= 11 is 3.42. The van der Waals surface area contributed by atoms with E-state index in [0.717, 1.165) is 27.4 Å². The number of benzene rings is 3. The summed E-state index contributed by atoms with van der Waals surface area (Å²) in [5.41, 5.74) is 3.14. The van der Waals surface area contributed by atoms with Gasteiger partial charge in [-0.3, -0.25) is 13.9 Å². The van der Waals surface area contributed by atoms with E-state index in [1.807, 2.05) is 52.0 Å². The Morgan fingerprint density at radius 3 is 2.26 bits per heavy atom. The van der Waals surface area contributed by atoms with E-state index in [1.54, 1.807) is 36.4 Å². The van der Waals surface area contributed by atoms with Crippen molar-refractivity contribution in [1.29, 1.82) is 0 Å². The lowest BCUT2D eigenvalue weighted by molar-refractivity contribution is -0.140. The Bertz CT molecular complexity index is 1390. The van der Waals surface area contributed by atoms with Gasteiger partial charge < -0.3 is 10.2 Å². The van der Waals surface area contributed by atoms with Crippen molar-refractivity contribution < 1.29 is 18.0 Å². The zero-order valence-corrected chi connectivity index (χ0v) is 25.3. The highest BCUT2D eigenvalue weighted by atomic mass is 79.9. The molecule has 0 bridgehead atoms. The number of carbonyl (C=O) groups is 2. The molecule has 3 aromatic rings. The molecule has 0 saturated heterocycles. The van der Waals surface area contributed by atoms with Crippen LogP contribution in [0.5, 0.6) is 0 Å². The van der Waals surface area contributed by atoms with Crippen LogP contribution in [0.2, 0.25) is 0 Å². The van der Waals surface area contributed by atoms with Gasteiger partial charge in [0.2, 0.25) is 11.8 Å². The molecule has 7 nitrogen and oxygen atoms in total. The highest BCUT2D eigenvalue weighted by molar-refractivity contribution is 9.10. The number of anilines is 1. The maximum atomic E-state index is 14.1. The summed E-state index contributed by atoms with van der Waals surface area (Å²) in [6.07, 6.45) is 1.15. The molecule has 0 aliphatic rings. The van der Waals surface area contributed by atoms with E-state index in [9.17, 15) is 18.0 Å². The number of hydrogen-bond donors (Lipinski definition) is 1. The zero-order chi connectivity index (χ0) is 28.6. The van der Waals surface area contributed by atoms with Crippen molar-refractivity contribution >= 4 is 43.5 Å². The molecule has 0 unspecified atom stereocenters. The first-order valence-electron chi connectivity index (χ1n) is 13.0. The number of carbonyl (C=O) groups excluding carboxylic acids is 2. The fourth-order valence-corrected chi connectivity index (χ4v) is 6.05. The van der Waals surface area contributed by atoms with Gasteiger partial charge in [-0.1, -0.05) is 77.8 Å². The van der Waals surface area contributed by atoms with Gasteiger partial charge in [0.25, 0.3) is 10.0 Å². The van der Waals surface area contributed by atoms with E-state index in [0.29, 0.717) is 23.1 Å². The van der Waals surface area contributed by atoms with Crippen molar-refractivity contribution in [1.82, 2.24) is 10.2 Å². The number of rotatable bonds is 12. The van der Waals surface area contributed by atoms with Crippen LogP contribution in [0.4, 0.5) is 5.69 Å². The zero-order valence-electron chi connectivity index (χ0n) is 22.9. The second kappa shape index (κ2) is 13.8. The summed E-state index contributed by atoms with van der Waals surface area (Å²) in [4.78, 5) is 28.8. The molecule has 0 radical (unpaired) electrons. The number of nitrogens with zero attached hydrogens (tertiary/aromatic N) is 2. The van der Waals surface area contributed by atoms with Crippen LogP contribution >= 0.6 is 15.9 Å². The smallest absolute Gasteiger partial charge is 0.264 e. The van der Waals surface area contributed by atoms with Gasteiger partial charge in [0.05, 0.1) is 10.6 Å². The van der Waals surface area contributed by atoms with Crippen LogP contribution < -0.4 is 9.62 Å². The second-order valence-corrected chi connectivity index (χ2v) is 12.2. The Morgan fingerprint density at radius 2 is 1.64 bits per heavy atom. The van der Waals surface area contributed by atoms with Gasteiger partial charge in [-0.05, 0) is 68.1 Å². The first-order valence-corrected chi connectivity index (χ1v) is 15.3. The van der Waals surface area contributed by atoms with Crippen LogP contribution in [0, 0.1) is 13.8 Å². The monoisotopic (exact) mass is 613 g/mol. The SMILES string of the molecule is CCCNC(=O)[C@H](CC)N(Cc1ccccc1C)C(=O)CN(c1cccc(Br)c1)S(=O)(=O)c1ccc(C)cc1. The van der Waals surface area contributed by atoms with E-state index in [-0.39, 0.29) is 17.3 Å². The van der Waals surface area contributed by atoms with E-state index >= 15 is 0 Å². The Hall–Kier alpha value is -3.17. The van der Waals surface area contributed by atoms with Gasteiger partial charge >= 0.3 is 0 Å². The third-order valence-electron chi connectivity index (χ3n) is 6.52. The molecule has 9 heteroatoms. The third-order valence-corrected chi connectivity index (χ3v) is 8.80. The minimum absolute atomic E-state index is 0.0825. The standard InChI is InChI=1S/C30H36BrN3O4S/c1-5-18-32-30(36)28(6-2)33(20-24-11-8-7-10-23(24)4)29(35)21-34(26-13-9-12-25(31)19-26)39(37,38)27-16-14-22(3)15-17-27/h7-17,19,28H,5-6,18,20-21H2,1-4H3,(H,32,36)/t28-/m0/s1. The van der Waals surface area contributed by atoms with Gasteiger partial charge in [-0.15, -0.1) is 0 Å². The number of amides is 2. The summed E-state index contributed by atoms with van der Waals surface area (Å²) in [7, 11) is -4.10. The molecule has 3 aromatic carbocycles. The largest absolute Gasteiger partial charge is 0.354 e. The molecule has 0 aromatic heterocycles. The first kappa shape index (κ1) is 30.4. The van der Waals surface area contributed by atoms with E-state index in [4.69, 9.17) is 0 Å². The number of nitrogens with one attached hydrogen (secondary N) is 1. The molecular weight excluding hydrogens is 578 g/mol. The molecule has 2 amide bonds. The van der Waals surface area contributed by atoms with Crippen molar-refractivity contribution in [3.05, 3.63) is 94.0 Å². The van der Waals surface area contributed by atoms with Crippen molar-refractivity contribution in [2.24, 2.45) is 0 Å². The molecule has 0 heterocycles. The number of halogens is 1. The summed E-state index contributed by atoms with van der Waals surface area (Å²) in [5, 5.41) is 2.90. The number of sulfonamides is 1. The quantitative estimate of drug-likeness (QED) is 0.288. The molecule has 1 N–H and O–H groups in total. The second-order valence-electron chi connectivity index (χ2n) is 9.47. The molecule has 0 aliphatic carbocycles. The van der Waals surface area contributed by atoms with Gasteiger partial charge in [-0.2, -0.15) is 0 Å². The summed E-state index contributed by atoms with van der Waals surface area (Å²) in [6, 6.07) is 20.3. The molecule has 208 valence electrons. The normalized spacial score (nSPS) is 12.0. The maximum absolute atomic E-state index is 14.1. The van der Waals surface area contributed by atoms with Crippen LogP contribution in [0.15, 0.2) is 82.2 Å². The fraction of sp³-hybridized carbons (Fsp3) is 0.333. The predicted molar refractivity (Wildman–Crippen MR) is 159 cm³/mol. The van der Waals surface area contributed by atoms with Crippen molar-refractivity contribution in [2.75, 3.05) is 17.4 Å². The minimum Gasteiger partial charge on any atom is -0.354 e. The van der Waals surface area contributed by atoms with Crippen LogP contribution in [0.25, 0.3) is 0 Å². The molecule has 3 rings (SSSR count). The topological polar surface area (TPSA) is 86.8 Å². The maximum Gasteiger partial charge on any atom is 0.264 e. The molecule has 0 spiro atoms. The van der Waals surface area contributed by atoms with E-state index in [2.05, 4.69) is 21.2 Å². The van der Waals surface area contributed by atoms with Crippen LogP contribution in [0.3, 0.4) is 0 Å². The Labute approximate surface area is 240 Å². The number of aryl methyl sites for hydroxylation is 2. The minimum atomic E-state index is -4.10. The average molecular weight is 615 g/mol. The van der Waals surface area contributed by atoms with Crippen LogP contribution in [-0.4, -0.2) is 44.3 Å². The lowest BCUT2D eigenvalue weighted by Crippen LogP contribution is -2.52. The van der Waals surface area contributed by atoms with Gasteiger partial charge in [-0.25, -0.2) is 8.42 Å². The molecule has 1 atom stereocenters. The number of hydrogen-bond acceptors (Lipinski definition) is 4. The third kappa shape index (κ3) is 7.70. The average Bonchev–Trinajstić information content (AvgIpc) is 2.91. The summed E-state index contributed by atoms with van der Waals surface area (Å²) < 4.78 is 29.6. The molecule has 0 saturated carbocycles. The summed E-state index contributed by atoms with van der Waals surface area (Å²) in [6.45, 7) is 7.85. The van der Waals surface area contributed by atoms with Gasteiger partial charge in [0, 0.05) is 17.6 Å². The Balaban J connectivity index is 2.06. The molecule has 39 heavy (non-hydrogen) atoms. The van der Waals surface area contributed by atoms with Crippen molar-refractivity contribution in [2.45, 2.75) is 58.0 Å². The lowest BCUT2D eigenvalue weighted by Gasteiger charge is -2.33. The Morgan fingerprint density at radius 1 is 0.949 bits per heavy atom. The molecule has 0 aliphatic heterocycles. The highest BCUT2D eigenvalue weighted by Gasteiger charge is 2.33. The first-order chi connectivity index (χ1) is 18.6. The van der Waals surface area contributed by atoms with Crippen LogP contribution in [-0.2, 0) is 26.2 Å². The van der Waals surface area contributed by atoms with Crippen molar-refractivity contribution in [3.63, 3.8) is 0 Å². The molecule has 0 fully saturated rings. The predicted octanol–water partition coefficient (Wildman–Crippen LogP) is 5.59. The van der Waals surface area contributed by atoms with E-state index in [1.165, 1.54) is 17.0 Å². The van der Waals surface area contributed by atoms with Gasteiger partial charge in [0.15, 0.2) is 0 Å². The van der Waals surface area contributed by atoms with E-state index < -0.39 is 28.5 Å². The van der Waals surface area contributed by atoms with Crippen LogP contribution in [0.1, 0.15) is 43.4 Å². The highest BCUT2D eigenvalue weighted by Crippen LogP contribution is 2.27.